The third-order valence-corrected chi connectivity index (χ3v) is 3.19. The van der Waals surface area contributed by atoms with E-state index in [1.807, 2.05) is 13.0 Å². The predicted octanol–water partition coefficient (Wildman–Crippen LogP) is 2.35. The minimum atomic E-state index is -0.526. The molecule has 3 aromatic heterocycles. The zero-order valence-electron chi connectivity index (χ0n) is 12.6. The van der Waals surface area contributed by atoms with Crippen molar-refractivity contribution in [2.24, 2.45) is 0 Å². The molecule has 0 aliphatic rings. The number of rotatable bonds is 5. The fraction of sp³-hybridized carbons (Fsp3) is 0.267. The van der Waals surface area contributed by atoms with Crippen LogP contribution in [0.25, 0.3) is 11.4 Å². The molecule has 0 aliphatic carbocycles. The first-order valence-electron chi connectivity index (χ1n) is 7.04. The number of carbonyl (C=O) groups is 1. The summed E-state index contributed by atoms with van der Waals surface area (Å²) in [5, 5.41) is 7.65. The van der Waals surface area contributed by atoms with Gasteiger partial charge in [0.1, 0.15) is 11.3 Å². The van der Waals surface area contributed by atoms with Gasteiger partial charge in [-0.1, -0.05) is 17.2 Å². The van der Waals surface area contributed by atoms with Crippen LogP contribution in [-0.2, 0) is 17.8 Å². The van der Waals surface area contributed by atoms with Gasteiger partial charge in [0.25, 0.3) is 5.89 Å². The summed E-state index contributed by atoms with van der Waals surface area (Å²) in [4.78, 5) is 20.3. The van der Waals surface area contributed by atoms with Crippen molar-refractivity contribution >= 4 is 5.97 Å². The standard InChI is InChI=1S/C15H14N4O4/c1-3-11-13(9(2)22-18-11)15(20)21-8-12-17-14(19-23-12)10-5-4-6-16-7-10/h4-7H,3,8H2,1-2H3. The average Bonchev–Trinajstić information content (AvgIpc) is 3.20. The highest BCUT2D eigenvalue weighted by Crippen LogP contribution is 2.17. The molecule has 3 rings (SSSR count). The fourth-order valence-corrected chi connectivity index (χ4v) is 2.05. The molecule has 0 unspecified atom stereocenters. The Balaban J connectivity index is 1.68. The zero-order valence-corrected chi connectivity index (χ0v) is 12.6. The van der Waals surface area contributed by atoms with Gasteiger partial charge in [0.05, 0.1) is 5.69 Å². The molecule has 0 aromatic carbocycles. The molecule has 8 nitrogen and oxygen atoms in total. The first kappa shape index (κ1) is 14.9. The quantitative estimate of drug-likeness (QED) is 0.661. The van der Waals surface area contributed by atoms with E-state index in [0.717, 1.165) is 5.56 Å². The second-order valence-corrected chi connectivity index (χ2v) is 4.74. The molecule has 0 N–H and O–H groups in total. The van der Waals surface area contributed by atoms with E-state index >= 15 is 0 Å². The zero-order chi connectivity index (χ0) is 16.2. The highest BCUT2D eigenvalue weighted by atomic mass is 16.6. The van der Waals surface area contributed by atoms with Crippen LogP contribution in [0.2, 0.25) is 0 Å². The van der Waals surface area contributed by atoms with Crippen molar-refractivity contribution in [2.75, 3.05) is 0 Å². The molecule has 0 aliphatic heterocycles. The summed E-state index contributed by atoms with van der Waals surface area (Å²) >= 11 is 0. The molecule has 0 radical (unpaired) electrons. The molecule has 0 atom stereocenters. The Labute approximate surface area is 131 Å². The Morgan fingerprint density at radius 3 is 2.91 bits per heavy atom. The average molecular weight is 314 g/mol. The fourth-order valence-electron chi connectivity index (χ4n) is 2.05. The van der Waals surface area contributed by atoms with Crippen LogP contribution < -0.4 is 0 Å². The molecule has 118 valence electrons. The Kier molecular flexibility index (Phi) is 4.13. The maximum absolute atomic E-state index is 12.1. The van der Waals surface area contributed by atoms with Gasteiger partial charge in [-0.05, 0) is 25.5 Å². The second kappa shape index (κ2) is 6.39. The molecular weight excluding hydrogens is 300 g/mol. The summed E-state index contributed by atoms with van der Waals surface area (Å²) in [5.74, 6) is 0.485. The number of hydrogen-bond donors (Lipinski definition) is 0. The lowest BCUT2D eigenvalue weighted by molar-refractivity contribution is 0.0426. The van der Waals surface area contributed by atoms with Crippen LogP contribution in [0.15, 0.2) is 33.6 Å². The van der Waals surface area contributed by atoms with Gasteiger partial charge >= 0.3 is 5.97 Å². The molecule has 3 heterocycles. The van der Waals surface area contributed by atoms with Crippen molar-refractivity contribution in [3.8, 4) is 11.4 Å². The van der Waals surface area contributed by atoms with E-state index in [9.17, 15) is 4.79 Å². The van der Waals surface area contributed by atoms with Crippen LogP contribution in [-0.4, -0.2) is 26.3 Å². The van der Waals surface area contributed by atoms with Gasteiger partial charge in [-0.2, -0.15) is 4.98 Å². The summed E-state index contributed by atoms with van der Waals surface area (Å²) in [6.45, 7) is 3.42. The predicted molar refractivity (Wildman–Crippen MR) is 77.3 cm³/mol. The number of aryl methyl sites for hydroxylation is 2. The number of esters is 1. The van der Waals surface area contributed by atoms with Gasteiger partial charge < -0.3 is 13.8 Å². The van der Waals surface area contributed by atoms with Gasteiger partial charge in [-0.3, -0.25) is 4.98 Å². The van der Waals surface area contributed by atoms with E-state index in [1.54, 1.807) is 25.4 Å². The van der Waals surface area contributed by atoms with E-state index in [0.29, 0.717) is 29.3 Å². The lowest BCUT2D eigenvalue weighted by Crippen LogP contribution is -2.08. The largest absolute Gasteiger partial charge is 0.452 e. The second-order valence-electron chi connectivity index (χ2n) is 4.74. The number of carbonyl (C=O) groups excluding carboxylic acids is 1. The van der Waals surface area contributed by atoms with Gasteiger partial charge in [0, 0.05) is 18.0 Å². The molecule has 23 heavy (non-hydrogen) atoms. The molecule has 3 aromatic rings. The normalized spacial score (nSPS) is 10.7. The van der Waals surface area contributed by atoms with Crippen molar-refractivity contribution in [3.63, 3.8) is 0 Å². The van der Waals surface area contributed by atoms with Crippen LogP contribution in [0.3, 0.4) is 0 Å². The molecule has 0 saturated heterocycles. The molecule has 0 amide bonds. The molecule has 0 spiro atoms. The Hall–Kier alpha value is -3.03. The number of aromatic nitrogens is 4. The van der Waals surface area contributed by atoms with E-state index in [4.69, 9.17) is 13.8 Å². The van der Waals surface area contributed by atoms with Crippen molar-refractivity contribution in [1.82, 2.24) is 20.3 Å². The van der Waals surface area contributed by atoms with E-state index in [1.165, 1.54) is 0 Å². The van der Waals surface area contributed by atoms with Crippen LogP contribution in [0.4, 0.5) is 0 Å². The topological polar surface area (TPSA) is 104 Å². The minimum absolute atomic E-state index is 0.125. The van der Waals surface area contributed by atoms with Gasteiger partial charge in [-0.15, -0.1) is 0 Å². The van der Waals surface area contributed by atoms with Crippen molar-refractivity contribution in [3.05, 3.63) is 47.4 Å². The smallest absolute Gasteiger partial charge is 0.344 e. The van der Waals surface area contributed by atoms with Crippen LogP contribution in [0, 0.1) is 6.92 Å². The Morgan fingerprint density at radius 1 is 1.30 bits per heavy atom. The lowest BCUT2D eigenvalue weighted by Gasteiger charge is -2.01. The molecule has 0 bridgehead atoms. The van der Waals surface area contributed by atoms with Crippen LogP contribution in [0.1, 0.15) is 34.6 Å². The number of hydrogen-bond acceptors (Lipinski definition) is 8. The van der Waals surface area contributed by atoms with E-state index in [2.05, 4.69) is 20.3 Å². The van der Waals surface area contributed by atoms with Crippen LogP contribution in [0.5, 0.6) is 0 Å². The summed E-state index contributed by atoms with van der Waals surface area (Å²) in [6.07, 6.45) is 3.85. The van der Waals surface area contributed by atoms with Crippen molar-refractivity contribution < 1.29 is 18.6 Å². The minimum Gasteiger partial charge on any atom is -0.452 e. The van der Waals surface area contributed by atoms with Gasteiger partial charge in [0.15, 0.2) is 6.61 Å². The van der Waals surface area contributed by atoms with Crippen molar-refractivity contribution in [1.29, 1.82) is 0 Å². The number of pyridine rings is 1. The molecule has 0 fully saturated rings. The summed E-state index contributed by atoms with van der Waals surface area (Å²) < 4.78 is 15.3. The number of nitrogens with zero attached hydrogens (tertiary/aromatic N) is 4. The Bertz CT molecular complexity index is 810. The van der Waals surface area contributed by atoms with Crippen molar-refractivity contribution in [2.45, 2.75) is 26.9 Å². The maximum Gasteiger partial charge on any atom is 0.344 e. The summed E-state index contributed by atoms with van der Waals surface area (Å²) in [5.41, 5.74) is 1.63. The highest BCUT2D eigenvalue weighted by Gasteiger charge is 2.21. The summed E-state index contributed by atoms with van der Waals surface area (Å²) in [6, 6.07) is 3.58. The first-order chi connectivity index (χ1) is 11.2. The highest BCUT2D eigenvalue weighted by molar-refractivity contribution is 5.91. The van der Waals surface area contributed by atoms with E-state index in [-0.39, 0.29) is 12.5 Å². The Morgan fingerprint density at radius 2 is 2.17 bits per heavy atom. The molecular formula is C15H14N4O4. The van der Waals surface area contributed by atoms with E-state index < -0.39 is 5.97 Å². The monoisotopic (exact) mass is 314 g/mol. The molecule has 8 heteroatoms. The van der Waals surface area contributed by atoms with Gasteiger partial charge in [0.2, 0.25) is 5.82 Å². The van der Waals surface area contributed by atoms with Crippen LogP contribution >= 0.6 is 0 Å². The van der Waals surface area contributed by atoms with Gasteiger partial charge in [-0.25, -0.2) is 4.79 Å². The SMILES string of the molecule is CCc1noc(C)c1C(=O)OCc1nc(-c2cccnc2)no1. The number of ether oxygens (including phenoxy) is 1. The first-order valence-corrected chi connectivity index (χ1v) is 7.04. The lowest BCUT2D eigenvalue weighted by atomic mass is 10.1. The third kappa shape index (κ3) is 3.10. The summed E-state index contributed by atoms with van der Waals surface area (Å²) in [7, 11) is 0. The third-order valence-electron chi connectivity index (χ3n) is 3.19. The molecule has 0 saturated carbocycles. The maximum atomic E-state index is 12.1.